The first kappa shape index (κ1) is 22.6. The van der Waals surface area contributed by atoms with Gasteiger partial charge in [-0.25, -0.2) is 4.99 Å². The Morgan fingerprint density at radius 3 is 2.47 bits per heavy atom. The molecule has 1 N–H and O–H groups in total. The number of carbonyl (C=O) groups excluding carboxylic acids is 1. The van der Waals surface area contributed by atoms with Crippen molar-refractivity contribution in [1.29, 1.82) is 0 Å². The van der Waals surface area contributed by atoms with Crippen LogP contribution in [0.5, 0.6) is 5.75 Å². The summed E-state index contributed by atoms with van der Waals surface area (Å²) in [4.78, 5) is 21.8. The molecular formula is C23H26BrN3O2S. The van der Waals surface area contributed by atoms with Gasteiger partial charge < -0.3 is 10.1 Å². The van der Waals surface area contributed by atoms with Crippen molar-refractivity contribution in [3.05, 3.63) is 58.6 Å². The Kier molecular flexibility index (Phi) is 7.72. The molecule has 1 amide bonds. The van der Waals surface area contributed by atoms with Crippen molar-refractivity contribution in [2.45, 2.75) is 39.3 Å². The molecule has 2 aromatic rings. The molecule has 0 radical (unpaired) electrons. The molecule has 1 heterocycles. The summed E-state index contributed by atoms with van der Waals surface area (Å²) in [6, 6.07) is 15.4. The summed E-state index contributed by atoms with van der Waals surface area (Å²) in [5.41, 5.74) is 2.03. The molecule has 0 atom stereocenters. The lowest BCUT2D eigenvalue weighted by atomic mass is 10.1. The van der Waals surface area contributed by atoms with Crippen LogP contribution >= 0.6 is 27.7 Å². The summed E-state index contributed by atoms with van der Waals surface area (Å²) in [5.74, 6) is 1.04. The molecule has 0 saturated carbocycles. The van der Waals surface area contributed by atoms with Crippen LogP contribution in [0.2, 0.25) is 0 Å². The number of carbonyl (C=O) groups is 1. The summed E-state index contributed by atoms with van der Waals surface area (Å²) in [6.45, 7) is 6.79. The number of halogens is 1. The Bertz CT molecular complexity index is 938. The number of aliphatic imine (C=N–C) groups is 2. The van der Waals surface area contributed by atoms with Gasteiger partial charge >= 0.3 is 0 Å². The van der Waals surface area contributed by atoms with Crippen molar-refractivity contribution in [3.8, 4) is 5.75 Å². The molecule has 5 nitrogen and oxygen atoms in total. The van der Waals surface area contributed by atoms with E-state index in [2.05, 4.69) is 28.2 Å². The normalized spacial score (nSPS) is 14.8. The summed E-state index contributed by atoms with van der Waals surface area (Å²) in [7, 11) is 0. The Morgan fingerprint density at radius 1 is 1.10 bits per heavy atom. The fourth-order valence-electron chi connectivity index (χ4n) is 2.84. The van der Waals surface area contributed by atoms with Gasteiger partial charge in [-0.15, -0.1) is 0 Å². The van der Waals surface area contributed by atoms with E-state index in [1.54, 1.807) is 0 Å². The van der Waals surface area contributed by atoms with E-state index in [0.717, 1.165) is 51.7 Å². The van der Waals surface area contributed by atoms with E-state index in [4.69, 9.17) is 14.7 Å². The van der Waals surface area contributed by atoms with Gasteiger partial charge in [0, 0.05) is 15.7 Å². The van der Waals surface area contributed by atoms with Gasteiger partial charge in [0.25, 0.3) is 0 Å². The maximum Gasteiger partial charge on any atom is 0.234 e. The molecule has 0 spiro atoms. The van der Waals surface area contributed by atoms with Gasteiger partial charge in [-0.3, -0.25) is 9.79 Å². The van der Waals surface area contributed by atoms with Gasteiger partial charge in [0.05, 0.1) is 18.1 Å². The van der Waals surface area contributed by atoms with Crippen LogP contribution in [0.15, 0.2) is 63.0 Å². The zero-order valence-electron chi connectivity index (χ0n) is 17.4. The third kappa shape index (κ3) is 6.44. The summed E-state index contributed by atoms with van der Waals surface area (Å²) in [5, 5.41) is 3.69. The largest absolute Gasteiger partial charge is 0.494 e. The molecule has 0 aliphatic carbocycles. The molecule has 0 saturated heterocycles. The number of unbranched alkanes of at least 4 members (excludes halogenated alkanes) is 1. The highest BCUT2D eigenvalue weighted by Gasteiger charge is 2.28. The highest BCUT2D eigenvalue weighted by Crippen LogP contribution is 2.27. The first-order valence-electron chi connectivity index (χ1n) is 9.98. The molecule has 0 fully saturated rings. The van der Waals surface area contributed by atoms with Crippen molar-refractivity contribution in [2.75, 3.05) is 17.7 Å². The lowest BCUT2D eigenvalue weighted by Crippen LogP contribution is -2.17. The van der Waals surface area contributed by atoms with Crippen LogP contribution in [0.25, 0.3) is 0 Å². The summed E-state index contributed by atoms with van der Waals surface area (Å²) in [6.07, 6.45) is 2.15. The number of hydrogen-bond donors (Lipinski definition) is 1. The number of rotatable bonds is 8. The molecule has 1 aliphatic heterocycles. The van der Waals surface area contributed by atoms with E-state index in [1.165, 1.54) is 11.8 Å². The van der Waals surface area contributed by atoms with Gasteiger partial charge in [0.15, 0.2) is 0 Å². The highest BCUT2D eigenvalue weighted by molar-refractivity contribution is 9.10. The van der Waals surface area contributed by atoms with Crippen molar-refractivity contribution in [2.24, 2.45) is 9.98 Å². The monoisotopic (exact) mass is 487 g/mol. The van der Waals surface area contributed by atoms with E-state index in [0.29, 0.717) is 0 Å². The second-order valence-electron chi connectivity index (χ2n) is 7.44. The fourth-order valence-corrected chi connectivity index (χ4v) is 4.04. The molecular weight excluding hydrogens is 462 g/mol. The SMILES string of the molecule is CCCCOc1ccc(C2=NC(C)(C)N=C2SCC(=O)Nc2ccc(Br)cc2)cc1. The van der Waals surface area contributed by atoms with Crippen LogP contribution in [0.3, 0.4) is 0 Å². The Morgan fingerprint density at radius 2 is 1.80 bits per heavy atom. The minimum absolute atomic E-state index is 0.0752. The highest BCUT2D eigenvalue weighted by atomic mass is 79.9. The molecule has 0 unspecified atom stereocenters. The minimum atomic E-state index is -0.532. The van der Waals surface area contributed by atoms with E-state index in [9.17, 15) is 4.79 Å². The van der Waals surface area contributed by atoms with Gasteiger partial charge in [0.2, 0.25) is 5.91 Å². The second-order valence-corrected chi connectivity index (χ2v) is 9.32. The topological polar surface area (TPSA) is 63.1 Å². The van der Waals surface area contributed by atoms with Gasteiger partial charge in [0.1, 0.15) is 16.5 Å². The van der Waals surface area contributed by atoms with Crippen LogP contribution in [-0.2, 0) is 4.79 Å². The first-order valence-corrected chi connectivity index (χ1v) is 11.8. The molecule has 0 bridgehead atoms. The third-order valence-corrected chi connectivity index (χ3v) is 5.82. The number of anilines is 1. The summed E-state index contributed by atoms with van der Waals surface area (Å²) < 4.78 is 6.72. The van der Waals surface area contributed by atoms with Crippen molar-refractivity contribution >= 4 is 50.0 Å². The average molecular weight is 488 g/mol. The van der Waals surface area contributed by atoms with Crippen LogP contribution < -0.4 is 10.1 Å². The lowest BCUT2D eigenvalue weighted by Gasteiger charge is -2.09. The smallest absolute Gasteiger partial charge is 0.234 e. The number of hydrogen-bond acceptors (Lipinski definition) is 5. The molecule has 3 rings (SSSR count). The van der Waals surface area contributed by atoms with Gasteiger partial charge in [-0.05, 0) is 68.8 Å². The van der Waals surface area contributed by atoms with E-state index < -0.39 is 5.66 Å². The first-order chi connectivity index (χ1) is 14.4. The average Bonchev–Trinajstić information content (AvgIpc) is 3.03. The lowest BCUT2D eigenvalue weighted by molar-refractivity contribution is -0.113. The van der Waals surface area contributed by atoms with E-state index in [-0.39, 0.29) is 11.7 Å². The minimum Gasteiger partial charge on any atom is -0.494 e. The van der Waals surface area contributed by atoms with Gasteiger partial charge in [-0.2, -0.15) is 0 Å². The zero-order valence-corrected chi connectivity index (χ0v) is 19.8. The Labute approximate surface area is 190 Å². The van der Waals surface area contributed by atoms with E-state index in [1.807, 2.05) is 62.4 Å². The molecule has 7 heteroatoms. The number of ether oxygens (including phenoxy) is 1. The number of thioether (sulfide) groups is 1. The van der Waals surface area contributed by atoms with Crippen molar-refractivity contribution in [1.82, 2.24) is 0 Å². The number of benzene rings is 2. The van der Waals surface area contributed by atoms with Crippen LogP contribution in [0.4, 0.5) is 5.69 Å². The van der Waals surface area contributed by atoms with Gasteiger partial charge in [-0.1, -0.05) is 41.0 Å². The summed E-state index contributed by atoms with van der Waals surface area (Å²) >= 11 is 4.80. The maximum absolute atomic E-state index is 12.4. The number of nitrogens with zero attached hydrogens (tertiary/aromatic N) is 2. The maximum atomic E-state index is 12.4. The molecule has 30 heavy (non-hydrogen) atoms. The van der Waals surface area contributed by atoms with E-state index >= 15 is 0 Å². The zero-order chi connectivity index (χ0) is 21.6. The predicted molar refractivity (Wildman–Crippen MR) is 130 cm³/mol. The number of nitrogens with one attached hydrogen (secondary N) is 1. The molecule has 1 aliphatic rings. The van der Waals surface area contributed by atoms with Crippen molar-refractivity contribution < 1.29 is 9.53 Å². The Hall–Kier alpha value is -2.12. The van der Waals surface area contributed by atoms with Crippen molar-refractivity contribution in [3.63, 3.8) is 0 Å². The second kappa shape index (κ2) is 10.3. The third-order valence-electron chi connectivity index (χ3n) is 4.33. The van der Waals surface area contributed by atoms with Crippen LogP contribution in [-0.4, -0.2) is 34.7 Å². The fraction of sp³-hybridized carbons (Fsp3) is 0.348. The molecule has 158 valence electrons. The standard InChI is InChI=1S/C23H26BrN3O2S/c1-4-5-14-29-19-12-6-16(7-13-19)21-22(27-23(2,3)26-21)30-15-20(28)25-18-10-8-17(24)9-11-18/h6-13H,4-5,14-15H2,1-3H3,(H,25,28). The van der Waals surface area contributed by atoms with Crippen LogP contribution in [0.1, 0.15) is 39.2 Å². The number of amides is 1. The van der Waals surface area contributed by atoms with Crippen LogP contribution in [0, 0.1) is 0 Å². The quantitative estimate of drug-likeness (QED) is 0.468. The predicted octanol–water partition coefficient (Wildman–Crippen LogP) is 5.94. The Balaban J connectivity index is 1.63. The molecule has 0 aromatic heterocycles. The molecule has 2 aromatic carbocycles.